The third-order valence-corrected chi connectivity index (χ3v) is 3.23. The van der Waals surface area contributed by atoms with Gasteiger partial charge in [-0.05, 0) is 60.7 Å². The standard InChI is InChI=1S/C19H15N3/c1-3-15-6-5-7-17(20-15)12-13-18-11-9-14-8-10-16(4-2)21-19(14)22-18/h3-13H,1-2H2/b13-12+. The lowest BCUT2D eigenvalue weighted by Crippen LogP contribution is -1.89. The van der Waals surface area contributed by atoms with E-state index < -0.39 is 0 Å². The Morgan fingerprint density at radius 2 is 1.18 bits per heavy atom. The van der Waals surface area contributed by atoms with Crippen LogP contribution in [0.2, 0.25) is 0 Å². The zero-order chi connectivity index (χ0) is 15.4. The minimum atomic E-state index is 0.715. The van der Waals surface area contributed by atoms with Crippen molar-refractivity contribution in [3.8, 4) is 0 Å². The second kappa shape index (κ2) is 6.14. The van der Waals surface area contributed by atoms with E-state index >= 15 is 0 Å². The van der Waals surface area contributed by atoms with Gasteiger partial charge >= 0.3 is 0 Å². The maximum absolute atomic E-state index is 4.55. The van der Waals surface area contributed by atoms with Crippen molar-refractivity contribution >= 4 is 35.3 Å². The van der Waals surface area contributed by atoms with E-state index in [0.717, 1.165) is 28.2 Å². The molecule has 0 saturated carbocycles. The van der Waals surface area contributed by atoms with Crippen molar-refractivity contribution in [1.29, 1.82) is 0 Å². The molecule has 0 aliphatic heterocycles. The quantitative estimate of drug-likeness (QED) is 0.709. The molecule has 0 saturated heterocycles. The van der Waals surface area contributed by atoms with E-state index in [9.17, 15) is 0 Å². The van der Waals surface area contributed by atoms with Crippen molar-refractivity contribution in [2.45, 2.75) is 0 Å². The second-order valence-electron chi connectivity index (χ2n) is 4.75. The summed E-state index contributed by atoms with van der Waals surface area (Å²) in [6, 6.07) is 13.7. The monoisotopic (exact) mass is 285 g/mol. The Balaban J connectivity index is 1.93. The number of fused-ring (bicyclic) bond motifs is 1. The highest BCUT2D eigenvalue weighted by molar-refractivity contribution is 5.78. The molecule has 0 spiro atoms. The zero-order valence-electron chi connectivity index (χ0n) is 12.1. The van der Waals surface area contributed by atoms with Crippen molar-refractivity contribution in [2.75, 3.05) is 0 Å². The number of nitrogens with zero attached hydrogens (tertiary/aromatic N) is 3. The molecule has 22 heavy (non-hydrogen) atoms. The Morgan fingerprint density at radius 3 is 1.91 bits per heavy atom. The van der Waals surface area contributed by atoms with E-state index in [2.05, 4.69) is 28.1 Å². The summed E-state index contributed by atoms with van der Waals surface area (Å²) in [5.74, 6) is 0. The molecule has 0 bridgehead atoms. The molecule has 3 rings (SSSR count). The number of pyridine rings is 3. The first-order valence-corrected chi connectivity index (χ1v) is 6.96. The van der Waals surface area contributed by atoms with Crippen LogP contribution in [0.1, 0.15) is 22.8 Å². The molecule has 0 atom stereocenters. The lowest BCUT2D eigenvalue weighted by Gasteiger charge is -2.00. The molecule has 106 valence electrons. The summed E-state index contributed by atoms with van der Waals surface area (Å²) >= 11 is 0. The second-order valence-corrected chi connectivity index (χ2v) is 4.75. The van der Waals surface area contributed by atoms with E-state index in [0.29, 0.717) is 5.65 Å². The van der Waals surface area contributed by atoms with Crippen molar-refractivity contribution in [2.24, 2.45) is 0 Å². The molecule has 0 fully saturated rings. The number of hydrogen-bond donors (Lipinski definition) is 0. The first kappa shape index (κ1) is 13.9. The topological polar surface area (TPSA) is 38.7 Å². The summed E-state index contributed by atoms with van der Waals surface area (Å²) < 4.78 is 0. The predicted octanol–water partition coefficient (Wildman–Crippen LogP) is 4.48. The third kappa shape index (κ3) is 2.99. The smallest absolute Gasteiger partial charge is 0.160 e. The summed E-state index contributed by atoms with van der Waals surface area (Å²) in [6.45, 7) is 7.46. The van der Waals surface area contributed by atoms with Crippen LogP contribution in [0, 0.1) is 0 Å². The Kier molecular flexibility index (Phi) is 3.88. The highest BCUT2D eigenvalue weighted by Gasteiger charge is 1.99. The molecule has 0 radical (unpaired) electrons. The number of hydrogen-bond acceptors (Lipinski definition) is 3. The van der Waals surface area contributed by atoms with Crippen LogP contribution < -0.4 is 0 Å². The van der Waals surface area contributed by atoms with Gasteiger partial charge in [0.15, 0.2) is 5.65 Å². The van der Waals surface area contributed by atoms with Gasteiger partial charge in [0.2, 0.25) is 0 Å². The molecule has 3 aromatic rings. The van der Waals surface area contributed by atoms with Gasteiger partial charge in [-0.15, -0.1) is 0 Å². The van der Waals surface area contributed by atoms with Crippen molar-refractivity contribution in [3.63, 3.8) is 0 Å². The van der Waals surface area contributed by atoms with Crippen molar-refractivity contribution in [3.05, 3.63) is 78.4 Å². The molecule has 0 aliphatic carbocycles. The Labute approximate surface area is 129 Å². The minimum Gasteiger partial charge on any atom is -0.249 e. The minimum absolute atomic E-state index is 0.715. The van der Waals surface area contributed by atoms with Crippen LogP contribution in [0.4, 0.5) is 0 Å². The Morgan fingerprint density at radius 1 is 0.636 bits per heavy atom. The van der Waals surface area contributed by atoms with Gasteiger partial charge in [-0.2, -0.15) is 0 Å². The van der Waals surface area contributed by atoms with Crippen LogP contribution in [0.15, 0.2) is 55.6 Å². The summed E-state index contributed by atoms with van der Waals surface area (Å²) in [5, 5.41) is 1.01. The normalized spacial score (nSPS) is 10.9. The van der Waals surface area contributed by atoms with Crippen LogP contribution in [0.5, 0.6) is 0 Å². The first-order chi connectivity index (χ1) is 10.8. The highest BCUT2D eigenvalue weighted by Crippen LogP contribution is 2.14. The average Bonchev–Trinajstić information content (AvgIpc) is 2.59. The van der Waals surface area contributed by atoms with Gasteiger partial charge in [0.05, 0.1) is 22.8 Å². The van der Waals surface area contributed by atoms with Crippen molar-refractivity contribution in [1.82, 2.24) is 15.0 Å². The summed E-state index contributed by atoms with van der Waals surface area (Å²) in [5.41, 5.74) is 4.10. The molecule has 0 amide bonds. The van der Waals surface area contributed by atoms with E-state index in [1.54, 1.807) is 12.2 Å². The Hall–Kier alpha value is -3.07. The van der Waals surface area contributed by atoms with Gasteiger partial charge in [0, 0.05) is 5.39 Å². The summed E-state index contributed by atoms with van der Waals surface area (Å²) in [4.78, 5) is 13.4. The van der Waals surface area contributed by atoms with Gasteiger partial charge in [0.1, 0.15) is 0 Å². The zero-order valence-corrected chi connectivity index (χ0v) is 12.1. The van der Waals surface area contributed by atoms with Crippen LogP contribution in [-0.4, -0.2) is 15.0 Å². The van der Waals surface area contributed by atoms with Gasteiger partial charge in [-0.3, -0.25) is 0 Å². The van der Waals surface area contributed by atoms with E-state index in [4.69, 9.17) is 0 Å². The van der Waals surface area contributed by atoms with Gasteiger partial charge in [-0.25, -0.2) is 15.0 Å². The predicted molar refractivity (Wildman–Crippen MR) is 92.9 cm³/mol. The van der Waals surface area contributed by atoms with Crippen LogP contribution in [-0.2, 0) is 0 Å². The molecule has 3 aromatic heterocycles. The molecule has 3 heterocycles. The molecular formula is C19H15N3. The van der Waals surface area contributed by atoms with Crippen LogP contribution in [0.3, 0.4) is 0 Å². The largest absolute Gasteiger partial charge is 0.249 e. The fourth-order valence-corrected chi connectivity index (χ4v) is 2.08. The van der Waals surface area contributed by atoms with Gasteiger partial charge < -0.3 is 0 Å². The lowest BCUT2D eigenvalue weighted by atomic mass is 10.2. The molecule has 3 nitrogen and oxygen atoms in total. The number of aromatic nitrogens is 3. The van der Waals surface area contributed by atoms with Gasteiger partial charge in [0.25, 0.3) is 0 Å². The maximum atomic E-state index is 4.55. The van der Waals surface area contributed by atoms with Gasteiger partial charge in [-0.1, -0.05) is 19.2 Å². The van der Waals surface area contributed by atoms with Crippen LogP contribution in [0.25, 0.3) is 35.3 Å². The first-order valence-electron chi connectivity index (χ1n) is 6.96. The fraction of sp³-hybridized carbons (Fsp3) is 0. The molecular weight excluding hydrogens is 270 g/mol. The summed E-state index contributed by atoms with van der Waals surface area (Å²) in [7, 11) is 0. The van der Waals surface area contributed by atoms with E-state index in [1.165, 1.54) is 0 Å². The molecule has 0 aliphatic rings. The highest BCUT2D eigenvalue weighted by atomic mass is 14.9. The molecule has 0 aromatic carbocycles. The molecule has 0 unspecified atom stereocenters. The molecule has 0 N–H and O–H groups in total. The van der Waals surface area contributed by atoms with Crippen molar-refractivity contribution < 1.29 is 0 Å². The van der Waals surface area contributed by atoms with E-state index in [1.807, 2.05) is 54.6 Å². The molecule has 3 heteroatoms. The van der Waals surface area contributed by atoms with Crippen LogP contribution >= 0.6 is 0 Å². The number of rotatable bonds is 4. The third-order valence-electron chi connectivity index (χ3n) is 3.23. The Bertz CT molecular complexity index is 879. The lowest BCUT2D eigenvalue weighted by molar-refractivity contribution is 1.25. The average molecular weight is 285 g/mol. The maximum Gasteiger partial charge on any atom is 0.160 e. The summed E-state index contributed by atoms with van der Waals surface area (Å²) in [6.07, 6.45) is 7.30. The SMILES string of the molecule is C=Cc1cccc(/C=C/c2ccc3ccc(C=C)nc3n2)n1. The van der Waals surface area contributed by atoms with E-state index in [-0.39, 0.29) is 0 Å². The fourth-order valence-electron chi connectivity index (χ4n) is 2.08.